The molecule has 1 aliphatic rings. The van der Waals surface area contributed by atoms with Crippen molar-refractivity contribution in [2.24, 2.45) is 11.1 Å². The molecule has 2 rings (SSSR count). The van der Waals surface area contributed by atoms with E-state index >= 15 is 0 Å². The Balaban J connectivity index is 2.06. The number of nitrogens with two attached hydrogens (primary N) is 1. The number of carbonyl (C=O) groups is 1. The van der Waals surface area contributed by atoms with Gasteiger partial charge in [0.15, 0.2) is 0 Å². The number of hydrogen-bond acceptors (Lipinski definition) is 5. The molecule has 0 saturated heterocycles. The smallest absolute Gasteiger partial charge is 0.314 e. The van der Waals surface area contributed by atoms with Gasteiger partial charge in [-0.25, -0.2) is 0 Å². The van der Waals surface area contributed by atoms with Crippen molar-refractivity contribution in [2.45, 2.75) is 33.1 Å². The predicted molar refractivity (Wildman–Crippen MR) is 96.9 cm³/mol. The molecule has 1 aromatic heterocycles. The molecule has 0 fully saturated rings. The zero-order valence-electron chi connectivity index (χ0n) is 15.0. The van der Waals surface area contributed by atoms with Crippen LogP contribution in [0.1, 0.15) is 44.4 Å². The van der Waals surface area contributed by atoms with E-state index < -0.39 is 5.41 Å². The third-order valence-corrected chi connectivity index (χ3v) is 4.10. The van der Waals surface area contributed by atoms with Gasteiger partial charge in [0.1, 0.15) is 12.4 Å². The number of ether oxygens (including phenoxy) is 2. The fraction of sp³-hybridized carbons (Fsp3) is 0.421. The molecule has 0 aliphatic heterocycles. The molecule has 0 radical (unpaired) electrons. The van der Waals surface area contributed by atoms with Crippen LogP contribution in [0.25, 0.3) is 5.57 Å². The van der Waals surface area contributed by atoms with Gasteiger partial charge < -0.3 is 15.2 Å². The number of nitrogen functional groups attached to an aromatic ring is 1. The Labute approximate surface area is 148 Å². The minimum atomic E-state index is -0.682. The van der Waals surface area contributed by atoms with Gasteiger partial charge in [0.05, 0.1) is 24.0 Å². The first-order valence-corrected chi connectivity index (χ1v) is 8.25. The molecule has 134 valence electrons. The van der Waals surface area contributed by atoms with Gasteiger partial charge in [-0.3, -0.25) is 15.2 Å². The first-order chi connectivity index (χ1) is 11.8. The molecular weight excluding hydrogens is 318 g/mol. The highest BCUT2D eigenvalue weighted by molar-refractivity contribution is 5.94. The van der Waals surface area contributed by atoms with E-state index in [0.29, 0.717) is 5.56 Å². The van der Waals surface area contributed by atoms with Crippen molar-refractivity contribution in [3.8, 4) is 0 Å². The number of hydrogen-bond donors (Lipinski definition) is 2. The van der Waals surface area contributed by atoms with E-state index in [9.17, 15) is 4.79 Å². The van der Waals surface area contributed by atoms with E-state index in [-0.39, 0.29) is 18.4 Å². The molecule has 1 heterocycles. The number of aromatic nitrogens is 1. The number of methoxy groups -OCH3 is 1. The van der Waals surface area contributed by atoms with E-state index in [1.807, 2.05) is 18.2 Å². The van der Waals surface area contributed by atoms with Crippen LogP contribution < -0.4 is 5.73 Å². The van der Waals surface area contributed by atoms with Crippen LogP contribution >= 0.6 is 0 Å². The van der Waals surface area contributed by atoms with Gasteiger partial charge >= 0.3 is 5.97 Å². The van der Waals surface area contributed by atoms with Gasteiger partial charge in [-0.2, -0.15) is 0 Å². The lowest BCUT2D eigenvalue weighted by atomic mass is 9.95. The minimum Gasteiger partial charge on any atom is -0.497 e. The number of amidine groups is 1. The average molecular weight is 343 g/mol. The largest absolute Gasteiger partial charge is 0.497 e. The van der Waals surface area contributed by atoms with E-state index in [2.05, 4.69) is 4.98 Å². The number of esters is 1. The minimum absolute atomic E-state index is 0.0118. The van der Waals surface area contributed by atoms with Gasteiger partial charge in [0.2, 0.25) is 0 Å². The molecule has 1 aromatic rings. The van der Waals surface area contributed by atoms with Crippen molar-refractivity contribution in [1.29, 1.82) is 5.41 Å². The van der Waals surface area contributed by atoms with E-state index in [4.69, 9.17) is 20.6 Å². The third kappa shape index (κ3) is 4.92. The van der Waals surface area contributed by atoms with E-state index in [1.165, 1.54) is 7.11 Å². The Morgan fingerprint density at radius 3 is 2.68 bits per heavy atom. The fourth-order valence-electron chi connectivity index (χ4n) is 2.50. The zero-order chi connectivity index (χ0) is 18.4. The van der Waals surface area contributed by atoms with E-state index in [0.717, 1.165) is 36.3 Å². The summed E-state index contributed by atoms with van der Waals surface area (Å²) in [5.41, 5.74) is 7.37. The fourth-order valence-corrected chi connectivity index (χ4v) is 2.50. The Morgan fingerprint density at radius 2 is 2.08 bits per heavy atom. The molecule has 3 N–H and O–H groups in total. The lowest BCUT2D eigenvalue weighted by Gasteiger charge is -2.22. The molecule has 0 atom stereocenters. The summed E-state index contributed by atoms with van der Waals surface area (Å²) in [5.74, 6) is 0.581. The topological polar surface area (TPSA) is 98.3 Å². The third-order valence-electron chi connectivity index (χ3n) is 4.10. The Bertz CT molecular complexity index is 703. The van der Waals surface area contributed by atoms with Gasteiger partial charge in [-0.15, -0.1) is 0 Å². The number of rotatable bonds is 6. The Kier molecular flexibility index (Phi) is 5.96. The van der Waals surface area contributed by atoms with Crippen molar-refractivity contribution in [2.75, 3.05) is 13.7 Å². The predicted octanol–water partition coefficient (Wildman–Crippen LogP) is 3.03. The van der Waals surface area contributed by atoms with Crippen molar-refractivity contribution in [3.05, 3.63) is 47.5 Å². The average Bonchev–Trinajstić information content (AvgIpc) is 2.85. The Hall–Kier alpha value is -2.63. The number of allylic oxidation sites excluding steroid dienone is 4. The highest BCUT2D eigenvalue weighted by Gasteiger charge is 2.30. The van der Waals surface area contributed by atoms with Crippen molar-refractivity contribution in [1.82, 2.24) is 4.98 Å². The summed E-state index contributed by atoms with van der Waals surface area (Å²) in [4.78, 5) is 16.1. The van der Waals surface area contributed by atoms with Crippen LogP contribution in [0.2, 0.25) is 0 Å². The van der Waals surface area contributed by atoms with Gasteiger partial charge in [-0.1, -0.05) is 6.08 Å². The normalized spacial score (nSPS) is 14.8. The second kappa shape index (κ2) is 7.96. The molecule has 6 nitrogen and oxygen atoms in total. The van der Waals surface area contributed by atoms with Crippen LogP contribution in [-0.2, 0) is 14.3 Å². The molecule has 6 heteroatoms. The van der Waals surface area contributed by atoms with Crippen molar-refractivity contribution < 1.29 is 14.3 Å². The van der Waals surface area contributed by atoms with Gasteiger partial charge in [0, 0.05) is 18.2 Å². The second-order valence-corrected chi connectivity index (χ2v) is 6.69. The monoisotopic (exact) mass is 343 g/mol. The number of nitrogens with one attached hydrogen (secondary N) is 1. The number of carbonyl (C=O) groups excluding carboxylic acids is 1. The highest BCUT2D eigenvalue weighted by Crippen LogP contribution is 2.27. The maximum atomic E-state index is 11.7. The van der Waals surface area contributed by atoms with Gasteiger partial charge in [-0.05, 0) is 50.5 Å². The molecule has 0 bridgehead atoms. The van der Waals surface area contributed by atoms with E-state index in [1.54, 1.807) is 26.1 Å². The van der Waals surface area contributed by atoms with Crippen LogP contribution in [0.5, 0.6) is 0 Å². The summed E-state index contributed by atoms with van der Waals surface area (Å²) in [7, 11) is 1.38. The van der Waals surface area contributed by atoms with Crippen LogP contribution in [0.3, 0.4) is 0 Å². The molecule has 0 saturated carbocycles. The molecular formula is C19H25N3O3. The summed E-state index contributed by atoms with van der Waals surface area (Å²) in [6, 6.07) is 3.68. The van der Waals surface area contributed by atoms with Crippen LogP contribution in [0.15, 0.2) is 36.2 Å². The lowest BCUT2D eigenvalue weighted by Crippen LogP contribution is -2.30. The molecule has 0 amide bonds. The second-order valence-electron chi connectivity index (χ2n) is 6.69. The van der Waals surface area contributed by atoms with Crippen LogP contribution in [0, 0.1) is 10.8 Å². The first-order valence-electron chi connectivity index (χ1n) is 8.25. The van der Waals surface area contributed by atoms with Crippen molar-refractivity contribution >= 4 is 17.4 Å². The maximum Gasteiger partial charge on any atom is 0.314 e. The number of nitrogens with zero attached hydrogens (tertiary/aromatic N) is 1. The quantitative estimate of drug-likeness (QED) is 0.470. The molecule has 25 heavy (non-hydrogen) atoms. The maximum absolute atomic E-state index is 11.7. The SMILES string of the molecule is COC(=O)C(C)(C)COC1=CC=C(c2ccc(C(=N)N)cn2)CCC1. The number of pyridine rings is 1. The summed E-state index contributed by atoms with van der Waals surface area (Å²) in [5, 5.41) is 7.42. The van der Waals surface area contributed by atoms with Crippen LogP contribution in [-0.4, -0.2) is 30.5 Å². The summed E-state index contributed by atoms with van der Waals surface area (Å²) < 4.78 is 10.6. The summed E-state index contributed by atoms with van der Waals surface area (Å²) in [6.07, 6.45) is 8.19. The van der Waals surface area contributed by atoms with Gasteiger partial charge in [0.25, 0.3) is 0 Å². The first kappa shape index (κ1) is 18.7. The molecule has 1 aliphatic carbocycles. The lowest BCUT2D eigenvalue weighted by molar-refractivity contribution is -0.153. The summed E-state index contributed by atoms with van der Waals surface area (Å²) >= 11 is 0. The van der Waals surface area contributed by atoms with Crippen molar-refractivity contribution in [3.63, 3.8) is 0 Å². The summed E-state index contributed by atoms with van der Waals surface area (Å²) in [6.45, 7) is 3.88. The standard InChI is InChI=1S/C19H25N3O3/c1-19(2,18(23)24-3)12-25-15-6-4-5-13(7-9-15)16-10-8-14(11-22-16)17(20)21/h7-11H,4-6,12H2,1-3H3,(H3,20,21). The zero-order valence-corrected chi connectivity index (χ0v) is 15.0. The highest BCUT2D eigenvalue weighted by atomic mass is 16.5. The Morgan fingerprint density at radius 1 is 1.32 bits per heavy atom. The molecule has 0 aromatic carbocycles. The molecule has 0 spiro atoms. The van der Waals surface area contributed by atoms with Crippen LogP contribution in [0.4, 0.5) is 0 Å². The molecule has 0 unspecified atom stereocenters.